The van der Waals surface area contributed by atoms with E-state index >= 15 is 0 Å². The second-order valence-corrected chi connectivity index (χ2v) is 4.80. The van der Waals surface area contributed by atoms with Crippen LogP contribution in [0, 0.1) is 0 Å². The zero-order valence-electron chi connectivity index (χ0n) is 10.1. The van der Waals surface area contributed by atoms with Crippen LogP contribution in [0.5, 0.6) is 0 Å². The van der Waals surface area contributed by atoms with E-state index in [2.05, 4.69) is 17.8 Å². The van der Waals surface area contributed by atoms with E-state index in [9.17, 15) is 0 Å². The molecule has 4 N–H and O–H groups in total. The average molecular weight is 241 g/mol. The molecule has 0 aromatic rings. The van der Waals surface area contributed by atoms with Gasteiger partial charge in [-0.2, -0.15) is 0 Å². The normalized spacial score (nSPS) is 15.3. The Bertz CT molecular complexity index is 261. The number of hydrogen-bond donors (Lipinski definition) is 3. The average Bonchev–Trinajstić information content (AvgIpc) is 2.69. The molecule has 0 saturated heterocycles. The molecule has 4 heteroatoms. The minimum atomic E-state index is 0.310. The fraction of sp³-hybridized carbons (Fsp3) is 0.750. The Morgan fingerprint density at radius 1 is 1.31 bits per heavy atom. The molecule has 1 rings (SSSR count). The highest BCUT2D eigenvalue weighted by molar-refractivity contribution is 7.80. The zero-order valence-corrected chi connectivity index (χ0v) is 11.0. The van der Waals surface area contributed by atoms with Crippen LogP contribution < -0.4 is 16.6 Å². The molecule has 0 spiro atoms. The lowest BCUT2D eigenvalue weighted by Gasteiger charge is -2.11. The first-order chi connectivity index (χ1) is 7.74. The molecular weight excluding hydrogens is 218 g/mol. The van der Waals surface area contributed by atoms with Gasteiger partial charge in [0, 0.05) is 5.70 Å². The molecule has 0 unspecified atom stereocenters. The maximum Gasteiger partial charge on any atom is 0.182 e. The minimum absolute atomic E-state index is 0.310. The van der Waals surface area contributed by atoms with Gasteiger partial charge in [0.15, 0.2) is 5.11 Å². The first-order valence-corrected chi connectivity index (χ1v) is 6.67. The highest BCUT2D eigenvalue weighted by atomic mass is 32.1. The number of thiocarbonyl (C=S) groups is 1. The van der Waals surface area contributed by atoms with Crippen LogP contribution in [0.15, 0.2) is 11.3 Å². The SMILES string of the molecule is CCCCCCC1=C(NNC(N)=S)CCC1. The Kier molecular flexibility index (Phi) is 6.23. The van der Waals surface area contributed by atoms with Crippen LogP contribution in [0.3, 0.4) is 0 Å². The van der Waals surface area contributed by atoms with Gasteiger partial charge in [0.1, 0.15) is 0 Å². The van der Waals surface area contributed by atoms with E-state index in [0.29, 0.717) is 5.11 Å². The maximum atomic E-state index is 5.39. The standard InChI is InChI=1S/C12H23N3S/c1-2-3-4-5-7-10-8-6-9-11(10)14-15-12(13)16/h14H,2-9H2,1H3,(H3,13,15,16). The third-order valence-corrected chi connectivity index (χ3v) is 3.10. The van der Waals surface area contributed by atoms with Crippen molar-refractivity contribution in [2.75, 3.05) is 0 Å². The van der Waals surface area contributed by atoms with Crippen molar-refractivity contribution in [1.82, 2.24) is 10.9 Å². The van der Waals surface area contributed by atoms with Gasteiger partial charge in [0.2, 0.25) is 0 Å². The summed E-state index contributed by atoms with van der Waals surface area (Å²) in [5, 5.41) is 0.310. The molecule has 0 radical (unpaired) electrons. The predicted octanol–water partition coefficient (Wildman–Crippen LogP) is 2.73. The molecule has 0 heterocycles. The van der Waals surface area contributed by atoms with Gasteiger partial charge in [0.05, 0.1) is 0 Å². The van der Waals surface area contributed by atoms with Crippen molar-refractivity contribution >= 4 is 17.3 Å². The van der Waals surface area contributed by atoms with Gasteiger partial charge in [-0.3, -0.25) is 5.43 Å². The Balaban J connectivity index is 2.29. The Morgan fingerprint density at radius 3 is 2.81 bits per heavy atom. The molecule has 0 fully saturated rings. The molecule has 0 bridgehead atoms. The first kappa shape index (κ1) is 13.3. The van der Waals surface area contributed by atoms with E-state index < -0.39 is 0 Å². The van der Waals surface area contributed by atoms with E-state index in [1.54, 1.807) is 5.57 Å². The number of rotatable bonds is 7. The lowest BCUT2D eigenvalue weighted by atomic mass is 10.1. The molecule has 1 aliphatic carbocycles. The van der Waals surface area contributed by atoms with E-state index in [-0.39, 0.29) is 0 Å². The summed E-state index contributed by atoms with van der Waals surface area (Å²) >= 11 is 4.77. The summed E-state index contributed by atoms with van der Waals surface area (Å²) in [7, 11) is 0. The molecule has 0 saturated carbocycles. The monoisotopic (exact) mass is 241 g/mol. The minimum Gasteiger partial charge on any atom is -0.375 e. The fourth-order valence-electron chi connectivity index (χ4n) is 2.14. The largest absolute Gasteiger partial charge is 0.375 e. The number of nitrogens with one attached hydrogen (secondary N) is 2. The van der Waals surface area contributed by atoms with E-state index in [1.165, 1.54) is 50.6 Å². The van der Waals surface area contributed by atoms with Gasteiger partial charge in [0.25, 0.3) is 0 Å². The van der Waals surface area contributed by atoms with Gasteiger partial charge < -0.3 is 11.2 Å². The summed E-state index contributed by atoms with van der Waals surface area (Å²) in [5.74, 6) is 0. The third-order valence-electron chi connectivity index (χ3n) is 3.00. The van der Waals surface area contributed by atoms with E-state index in [1.807, 2.05) is 0 Å². The summed E-state index contributed by atoms with van der Waals surface area (Å²) in [4.78, 5) is 0. The van der Waals surface area contributed by atoms with Crippen LogP contribution in [-0.4, -0.2) is 5.11 Å². The molecule has 1 aliphatic rings. The first-order valence-electron chi connectivity index (χ1n) is 6.26. The van der Waals surface area contributed by atoms with Crippen molar-refractivity contribution in [2.24, 2.45) is 5.73 Å². The van der Waals surface area contributed by atoms with Crippen molar-refractivity contribution in [2.45, 2.75) is 58.3 Å². The van der Waals surface area contributed by atoms with Crippen molar-refractivity contribution in [3.8, 4) is 0 Å². The molecule has 0 atom stereocenters. The van der Waals surface area contributed by atoms with Crippen molar-refractivity contribution in [1.29, 1.82) is 0 Å². The molecule has 0 aromatic heterocycles. The number of allylic oxidation sites excluding steroid dienone is 2. The van der Waals surface area contributed by atoms with Crippen molar-refractivity contribution < 1.29 is 0 Å². The van der Waals surface area contributed by atoms with Crippen LogP contribution in [0.4, 0.5) is 0 Å². The number of nitrogens with two attached hydrogens (primary N) is 1. The molecular formula is C12H23N3S. The van der Waals surface area contributed by atoms with Crippen LogP contribution in [-0.2, 0) is 0 Å². The van der Waals surface area contributed by atoms with Crippen molar-refractivity contribution in [3.05, 3.63) is 11.3 Å². The Labute approximate surface area is 104 Å². The fourth-order valence-corrected chi connectivity index (χ4v) is 2.19. The van der Waals surface area contributed by atoms with Gasteiger partial charge in [-0.25, -0.2) is 0 Å². The van der Waals surface area contributed by atoms with Crippen LogP contribution in [0.2, 0.25) is 0 Å². The van der Waals surface area contributed by atoms with Crippen molar-refractivity contribution in [3.63, 3.8) is 0 Å². The topological polar surface area (TPSA) is 50.1 Å². The lowest BCUT2D eigenvalue weighted by Crippen LogP contribution is -2.40. The second kappa shape index (κ2) is 7.49. The zero-order chi connectivity index (χ0) is 11.8. The quantitative estimate of drug-likeness (QED) is 0.364. The van der Waals surface area contributed by atoms with Crippen LogP contribution >= 0.6 is 12.2 Å². The lowest BCUT2D eigenvalue weighted by molar-refractivity contribution is 0.652. The highest BCUT2D eigenvalue weighted by Gasteiger charge is 2.13. The van der Waals surface area contributed by atoms with Gasteiger partial charge in [-0.1, -0.05) is 26.2 Å². The summed E-state index contributed by atoms with van der Waals surface area (Å²) in [6.45, 7) is 2.24. The van der Waals surface area contributed by atoms with Crippen LogP contribution in [0.1, 0.15) is 58.3 Å². The highest BCUT2D eigenvalue weighted by Crippen LogP contribution is 2.27. The van der Waals surface area contributed by atoms with Gasteiger partial charge in [-0.15, -0.1) is 0 Å². The number of hydrazine groups is 1. The maximum absolute atomic E-state index is 5.39. The molecule has 92 valence electrons. The van der Waals surface area contributed by atoms with E-state index in [0.717, 1.165) is 6.42 Å². The molecule has 0 aromatic carbocycles. The van der Waals surface area contributed by atoms with Gasteiger partial charge >= 0.3 is 0 Å². The Hall–Kier alpha value is -0.770. The molecule has 3 nitrogen and oxygen atoms in total. The second-order valence-electron chi connectivity index (χ2n) is 4.36. The summed E-state index contributed by atoms with van der Waals surface area (Å²) in [6.07, 6.45) is 10.1. The predicted molar refractivity (Wildman–Crippen MR) is 72.7 cm³/mol. The number of hydrogen-bond acceptors (Lipinski definition) is 2. The smallest absolute Gasteiger partial charge is 0.182 e. The third kappa shape index (κ3) is 4.84. The molecule has 0 aliphatic heterocycles. The van der Waals surface area contributed by atoms with Gasteiger partial charge in [-0.05, 0) is 49.9 Å². The van der Waals surface area contributed by atoms with Crippen LogP contribution in [0.25, 0.3) is 0 Å². The summed E-state index contributed by atoms with van der Waals surface area (Å²) < 4.78 is 0. The number of unbranched alkanes of at least 4 members (excludes halogenated alkanes) is 3. The molecule has 0 amide bonds. The van der Waals surface area contributed by atoms with E-state index in [4.69, 9.17) is 18.0 Å². The Morgan fingerprint density at radius 2 is 2.12 bits per heavy atom. The summed E-state index contributed by atoms with van der Waals surface area (Å²) in [6, 6.07) is 0. The summed E-state index contributed by atoms with van der Waals surface area (Å²) in [5.41, 5.74) is 14.2. The molecule has 16 heavy (non-hydrogen) atoms.